The maximum absolute atomic E-state index is 15.2. The molecule has 2 aromatic carbocycles. The molecule has 41 heavy (non-hydrogen) atoms. The predicted octanol–water partition coefficient (Wildman–Crippen LogP) is 5.33. The maximum atomic E-state index is 15.2. The summed E-state index contributed by atoms with van der Waals surface area (Å²) in [6.45, 7) is 5.47. The van der Waals surface area contributed by atoms with Crippen LogP contribution in [0.4, 0.5) is 28.9 Å². The number of fused-ring (bicyclic) bond motifs is 1. The van der Waals surface area contributed by atoms with E-state index >= 15 is 4.39 Å². The minimum Gasteiger partial charge on any atom is -0.497 e. The first-order valence-corrected chi connectivity index (χ1v) is 13.0. The second-order valence-electron chi connectivity index (χ2n) is 9.84. The van der Waals surface area contributed by atoms with Crippen molar-refractivity contribution >= 4 is 22.9 Å². The van der Waals surface area contributed by atoms with Crippen molar-refractivity contribution in [3.05, 3.63) is 83.6 Å². The highest BCUT2D eigenvalue weighted by Crippen LogP contribution is 2.29. The van der Waals surface area contributed by atoms with Crippen molar-refractivity contribution < 1.29 is 31.8 Å². The number of alkyl halides is 3. The molecule has 1 aliphatic rings. The number of piperazine rings is 1. The summed E-state index contributed by atoms with van der Waals surface area (Å²) in [6, 6.07) is 14.1. The first kappa shape index (κ1) is 28.1. The normalized spacial score (nSPS) is 15.7. The van der Waals surface area contributed by atoms with Crippen molar-refractivity contribution in [2.24, 2.45) is 0 Å². The number of ether oxygens (including phenoxy) is 2. The SMILES string of the molecule is COc1ccn2c(C(=O)NCc3ccc(N4CCN(c5ccc(OC(F)(F)F)cc5)[C@@H](C)C4)c(F)c3)c(C)nc2c1. The summed E-state index contributed by atoms with van der Waals surface area (Å²) in [7, 11) is 1.56. The number of nitrogens with one attached hydrogen (secondary N) is 1. The minimum atomic E-state index is -4.74. The lowest BCUT2D eigenvalue weighted by Crippen LogP contribution is -2.52. The Morgan fingerprint density at radius 1 is 1.07 bits per heavy atom. The van der Waals surface area contributed by atoms with E-state index in [4.69, 9.17) is 4.74 Å². The predicted molar refractivity (Wildman–Crippen MR) is 146 cm³/mol. The number of hydrogen-bond acceptors (Lipinski definition) is 6. The van der Waals surface area contributed by atoms with Crippen LogP contribution in [0.15, 0.2) is 60.8 Å². The summed E-state index contributed by atoms with van der Waals surface area (Å²) in [4.78, 5) is 21.4. The third-order valence-corrected chi connectivity index (χ3v) is 7.06. The fourth-order valence-electron chi connectivity index (χ4n) is 5.13. The second kappa shape index (κ2) is 11.2. The molecule has 3 heterocycles. The van der Waals surface area contributed by atoms with E-state index in [9.17, 15) is 18.0 Å². The molecule has 8 nitrogen and oxygen atoms in total. The van der Waals surface area contributed by atoms with Gasteiger partial charge in [-0.25, -0.2) is 9.37 Å². The van der Waals surface area contributed by atoms with Crippen molar-refractivity contribution in [2.75, 3.05) is 36.5 Å². The van der Waals surface area contributed by atoms with Crippen LogP contribution in [0.2, 0.25) is 0 Å². The number of amides is 1. The van der Waals surface area contributed by atoms with Gasteiger partial charge >= 0.3 is 6.36 Å². The Hall–Kier alpha value is -4.48. The number of carbonyl (C=O) groups is 1. The second-order valence-corrected chi connectivity index (χ2v) is 9.84. The van der Waals surface area contributed by atoms with E-state index in [1.54, 1.807) is 61.0 Å². The molecule has 0 aliphatic carbocycles. The Bertz CT molecular complexity index is 1550. The molecule has 0 bridgehead atoms. The summed E-state index contributed by atoms with van der Waals surface area (Å²) in [5.41, 5.74) is 3.38. The quantitative estimate of drug-likeness (QED) is 0.303. The van der Waals surface area contributed by atoms with Gasteiger partial charge in [0.2, 0.25) is 0 Å². The van der Waals surface area contributed by atoms with Crippen molar-refractivity contribution in [3.8, 4) is 11.5 Å². The summed E-state index contributed by atoms with van der Waals surface area (Å²) < 4.78 is 63.4. The minimum absolute atomic E-state index is 0.0230. The molecule has 1 atom stereocenters. The summed E-state index contributed by atoms with van der Waals surface area (Å²) in [5, 5.41) is 2.85. The molecule has 5 rings (SSSR count). The number of imidazole rings is 1. The molecule has 12 heteroatoms. The van der Waals surface area contributed by atoms with Crippen LogP contribution in [0.1, 0.15) is 28.7 Å². The van der Waals surface area contributed by atoms with Crippen LogP contribution in [0.5, 0.6) is 11.5 Å². The molecule has 0 spiro atoms. The Labute approximate surface area is 234 Å². The molecule has 0 saturated carbocycles. The Balaban J connectivity index is 1.20. The van der Waals surface area contributed by atoms with Crippen LogP contribution < -0.4 is 24.6 Å². The largest absolute Gasteiger partial charge is 0.573 e. The highest BCUT2D eigenvalue weighted by Gasteiger charge is 2.31. The van der Waals surface area contributed by atoms with E-state index in [1.807, 2.05) is 11.8 Å². The van der Waals surface area contributed by atoms with Gasteiger partial charge in [-0.1, -0.05) is 6.07 Å². The van der Waals surface area contributed by atoms with Crippen molar-refractivity contribution in [2.45, 2.75) is 32.8 Å². The summed E-state index contributed by atoms with van der Waals surface area (Å²) in [6.07, 6.45) is -3.02. The van der Waals surface area contributed by atoms with Gasteiger partial charge < -0.3 is 24.6 Å². The van der Waals surface area contributed by atoms with Crippen molar-refractivity contribution in [3.63, 3.8) is 0 Å². The van der Waals surface area contributed by atoms with Crippen LogP contribution in [0, 0.1) is 12.7 Å². The van der Waals surface area contributed by atoms with Gasteiger partial charge in [0.05, 0.1) is 18.5 Å². The van der Waals surface area contributed by atoms with Crippen LogP contribution in [0.3, 0.4) is 0 Å². The lowest BCUT2D eigenvalue weighted by Gasteiger charge is -2.42. The molecule has 1 amide bonds. The smallest absolute Gasteiger partial charge is 0.497 e. The average molecular weight is 572 g/mol. The van der Waals surface area contributed by atoms with Gasteiger partial charge in [-0.2, -0.15) is 0 Å². The van der Waals surface area contributed by atoms with E-state index in [1.165, 1.54) is 18.2 Å². The molecule has 1 aliphatic heterocycles. The molecular formula is C29H29F4N5O3. The third-order valence-electron chi connectivity index (χ3n) is 7.06. The number of methoxy groups -OCH3 is 1. The van der Waals surface area contributed by atoms with Crippen LogP contribution in [-0.4, -0.2) is 54.4 Å². The third kappa shape index (κ3) is 6.16. The monoisotopic (exact) mass is 571 g/mol. The number of anilines is 2. The van der Waals surface area contributed by atoms with E-state index < -0.39 is 12.2 Å². The van der Waals surface area contributed by atoms with Crippen molar-refractivity contribution in [1.82, 2.24) is 14.7 Å². The Morgan fingerprint density at radius 3 is 2.49 bits per heavy atom. The number of pyridine rings is 1. The van der Waals surface area contributed by atoms with Gasteiger partial charge in [-0.15, -0.1) is 13.2 Å². The number of hydrogen-bond donors (Lipinski definition) is 1. The number of rotatable bonds is 7. The first-order chi connectivity index (χ1) is 19.5. The topological polar surface area (TPSA) is 71.3 Å². The van der Waals surface area contributed by atoms with Gasteiger partial charge in [0.1, 0.15) is 28.7 Å². The maximum Gasteiger partial charge on any atom is 0.573 e. The van der Waals surface area contributed by atoms with Crippen LogP contribution in [0.25, 0.3) is 5.65 Å². The van der Waals surface area contributed by atoms with E-state index in [0.717, 1.165) is 5.69 Å². The fraction of sp³-hybridized carbons (Fsp3) is 0.310. The van der Waals surface area contributed by atoms with Crippen molar-refractivity contribution in [1.29, 1.82) is 0 Å². The fourth-order valence-corrected chi connectivity index (χ4v) is 5.13. The number of carbonyl (C=O) groups excluding carboxylic acids is 1. The van der Waals surface area contributed by atoms with E-state index in [2.05, 4.69) is 19.9 Å². The van der Waals surface area contributed by atoms with E-state index in [0.29, 0.717) is 53.7 Å². The highest BCUT2D eigenvalue weighted by molar-refractivity contribution is 5.94. The van der Waals surface area contributed by atoms with Crippen LogP contribution in [-0.2, 0) is 6.54 Å². The number of nitrogens with zero attached hydrogens (tertiary/aromatic N) is 4. The lowest BCUT2D eigenvalue weighted by atomic mass is 10.1. The first-order valence-electron chi connectivity index (χ1n) is 13.0. The Kier molecular flexibility index (Phi) is 7.65. The number of benzene rings is 2. The van der Waals surface area contributed by atoms with Crippen LogP contribution >= 0.6 is 0 Å². The molecule has 1 fully saturated rings. The molecule has 0 unspecified atom stereocenters. The highest BCUT2D eigenvalue weighted by atomic mass is 19.4. The molecule has 4 aromatic rings. The molecule has 1 N–H and O–H groups in total. The molecular weight excluding hydrogens is 542 g/mol. The molecule has 2 aromatic heterocycles. The van der Waals surface area contributed by atoms with Gasteiger partial charge in [-0.05, 0) is 61.9 Å². The van der Waals surface area contributed by atoms with Gasteiger partial charge in [0.25, 0.3) is 5.91 Å². The zero-order chi connectivity index (χ0) is 29.3. The van der Waals surface area contributed by atoms with E-state index in [-0.39, 0.29) is 24.2 Å². The van der Waals surface area contributed by atoms with Gasteiger partial charge in [0.15, 0.2) is 0 Å². The van der Waals surface area contributed by atoms with Gasteiger partial charge in [-0.3, -0.25) is 9.20 Å². The zero-order valence-electron chi connectivity index (χ0n) is 22.7. The average Bonchev–Trinajstić information content (AvgIpc) is 3.26. The zero-order valence-corrected chi connectivity index (χ0v) is 22.7. The Morgan fingerprint density at radius 2 is 1.83 bits per heavy atom. The standard InChI is InChI=1S/C29H29F4N5O3/c1-18-17-36(12-13-37(18)21-5-7-22(8-6-21)41-29(31,32)33)25-9-4-20(14-24(25)30)16-34-28(39)27-19(2)35-26-15-23(40-3)10-11-38(26)27/h4-11,14-15,18H,12-13,16-17H2,1-3H3,(H,34,39)/t18-/m0/s1. The molecule has 1 saturated heterocycles. The summed E-state index contributed by atoms with van der Waals surface area (Å²) >= 11 is 0. The summed E-state index contributed by atoms with van der Waals surface area (Å²) in [5.74, 6) is -0.369. The van der Waals surface area contributed by atoms with Gasteiger partial charge in [0, 0.05) is 50.2 Å². The number of aryl methyl sites for hydroxylation is 1. The number of halogens is 4. The molecule has 0 radical (unpaired) electrons. The molecule has 216 valence electrons. The number of aromatic nitrogens is 2. The lowest BCUT2D eigenvalue weighted by molar-refractivity contribution is -0.274.